The minimum atomic E-state index is -2.58. The van der Waals surface area contributed by atoms with E-state index in [9.17, 15) is 19.0 Å². The van der Waals surface area contributed by atoms with Crippen LogP contribution in [0.1, 0.15) is 35.5 Å². The Morgan fingerprint density at radius 3 is 2.81 bits per heavy atom. The minimum absolute atomic E-state index is 0.0229. The van der Waals surface area contributed by atoms with E-state index in [4.69, 9.17) is 9.15 Å². The van der Waals surface area contributed by atoms with Crippen LogP contribution in [-0.4, -0.2) is 67.1 Å². The Morgan fingerprint density at radius 2 is 2.10 bits per heavy atom. The van der Waals surface area contributed by atoms with Crippen LogP contribution in [0.4, 0.5) is 11.7 Å². The predicted octanol–water partition coefficient (Wildman–Crippen LogP) is 3.60. The van der Waals surface area contributed by atoms with Crippen molar-refractivity contribution in [3.05, 3.63) is 35.2 Å². The lowest BCUT2D eigenvalue weighted by Gasteiger charge is -2.40. The molecule has 2 aliphatic heterocycles. The van der Waals surface area contributed by atoms with Gasteiger partial charge < -0.3 is 14.3 Å². The molecule has 2 aromatic heterocycles. The Hall–Kier alpha value is -2.86. The number of hydrogen-bond acceptors (Lipinski definition) is 10. The fourth-order valence-corrected chi connectivity index (χ4v) is 4.47. The minimum Gasteiger partial charge on any atom is -0.504 e. The highest BCUT2D eigenvalue weighted by molar-refractivity contribution is 8.24. The maximum atomic E-state index is 12.7. The molecule has 0 unspecified atom stereocenters. The lowest BCUT2D eigenvalue weighted by molar-refractivity contribution is 0.0375. The number of rotatable bonds is 5. The van der Waals surface area contributed by atoms with E-state index in [1.165, 1.54) is 0 Å². The van der Waals surface area contributed by atoms with E-state index in [0.717, 1.165) is 5.56 Å². The summed E-state index contributed by atoms with van der Waals surface area (Å²) < 4.78 is 30.7. The third-order valence-electron chi connectivity index (χ3n) is 4.80. The van der Waals surface area contributed by atoms with E-state index in [-0.39, 0.29) is 40.6 Å². The van der Waals surface area contributed by atoms with Crippen LogP contribution in [0.15, 0.2) is 27.7 Å². The smallest absolute Gasteiger partial charge is 0.347 e. The molecule has 4 heterocycles. The summed E-state index contributed by atoms with van der Waals surface area (Å²) in [5.74, 6) is -0.0255. The number of aliphatic imine (C=N–C) groups is 1. The largest absolute Gasteiger partial charge is 0.504 e. The zero-order valence-electron chi connectivity index (χ0n) is 17.1. The third-order valence-corrected chi connectivity index (χ3v) is 6.48. The first-order valence-electron chi connectivity index (χ1n) is 9.76. The van der Waals surface area contributed by atoms with Gasteiger partial charge in [0.25, 0.3) is 0 Å². The second-order valence-electron chi connectivity index (χ2n) is 7.51. The maximum Gasteiger partial charge on any atom is 0.347 e. The molecule has 2 aromatic rings. The molecule has 0 spiro atoms. The summed E-state index contributed by atoms with van der Waals surface area (Å²) in [4.78, 5) is 21.1. The van der Waals surface area contributed by atoms with E-state index in [1.54, 1.807) is 43.4 Å². The number of hydrazine groups is 1. The van der Waals surface area contributed by atoms with Gasteiger partial charge in [-0.2, -0.15) is 10.6 Å². The number of hydrogen-bond donors (Lipinski definition) is 4. The Balaban J connectivity index is 1.67. The van der Waals surface area contributed by atoms with Gasteiger partial charge in [0.05, 0.1) is 17.6 Å². The average Bonchev–Trinajstić information content (AvgIpc) is 3.24. The molecule has 0 saturated carbocycles. The molecule has 0 aromatic carbocycles. The van der Waals surface area contributed by atoms with Gasteiger partial charge in [0.2, 0.25) is 5.88 Å². The monoisotopic (exact) mass is 448 g/mol. The van der Waals surface area contributed by atoms with Crippen molar-refractivity contribution in [1.82, 2.24) is 9.99 Å². The van der Waals surface area contributed by atoms with Crippen molar-refractivity contribution in [3.63, 3.8) is 0 Å². The molecule has 1 fully saturated rings. The van der Waals surface area contributed by atoms with E-state index < -0.39 is 16.6 Å². The van der Waals surface area contributed by atoms with Crippen molar-refractivity contribution in [2.75, 3.05) is 30.0 Å². The van der Waals surface area contributed by atoms with Crippen LogP contribution in [0.25, 0.3) is 11.6 Å². The van der Waals surface area contributed by atoms with Crippen molar-refractivity contribution in [1.29, 1.82) is 0 Å². The van der Waals surface area contributed by atoms with Gasteiger partial charge in [0.15, 0.2) is 22.9 Å². The Bertz CT molecular complexity index is 1050. The summed E-state index contributed by atoms with van der Waals surface area (Å²) >= 11 is 0. The standard InChI is InChI=1S/C20H24N4O6S/c1-12(2)29-20(26)16-17(25)15(10-13-11-22-18-14(13)4-3-5-21-18)30-19(16)23-24-6-8-31(27,28)9-7-24/h3-5,10-12,23,25,27-28H,6-9H2,1-2H3. The molecular weight excluding hydrogens is 424 g/mol. The van der Waals surface area contributed by atoms with Gasteiger partial charge in [-0.1, -0.05) is 0 Å². The summed E-state index contributed by atoms with van der Waals surface area (Å²) in [6.07, 6.45) is 4.43. The van der Waals surface area contributed by atoms with Crippen molar-refractivity contribution in [3.8, 4) is 5.75 Å². The Kier molecular flexibility index (Phi) is 5.75. The molecule has 4 N–H and O–H groups in total. The molecule has 4 rings (SSSR count). The predicted molar refractivity (Wildman–Crippen MR) is 119 cm³/mol. The number of carbonyl (C=O) groups excluding carboxylic acids is 1. The first-order chi connectivity index (χ1) is 14.7. The van der Waals surface area contributed by atoms with Gasteiger partial charge in [-0.25, -0.2) is 19.8 Å². The molecule has 166 valence electrons. The molecule has 10 nitrogen and oxygen atoms in total. The van der Waals surface area contributed by atoms with Crippen molar-refractivity contribution >= 4 is 46.1 Å². The molecular formula is C20H24N4O6S. The molecule has 1 saturated heterocycles. The van der Waals surface area contributed by atoms with Crippen molar-refractivity contribution < 1.29 is 28.2 Å². The summed E-state index contributed by atoms with van der Waals surface area (Å²) in [7, 11) is -2.58. The number of furan rings is 1. The quantitative estimate of drug-likeness (QED) is 0.505. The van der Waals surface area contributed by atoms with Gasteiger partial charge in [-0.05, 0) is 32.1 Å². The van der Waals surface area contributed by atoms with Crippen LogP contribution >= 0.6 is 10.6 Å². The number of aromatic hydroxyl groups is 1. The topological polar surface area (TPSA) is 141 Å². The van der Waals surface area contributed by atoms with Gasteiger partial charge in [0.1, 0.15) is 0 Å². The summed E-state index contributed by atoms with van der Waals surface area (Å²) in [6.45, 7) is 4.09. The molecule has 0 atom stereocenters. The highest BCUT2D eigenvalue weighted by Crippen LogP contribution is 2.42. The van der Waals surface area contributed by atoms with Crippen LogP contribution in [0.5, 0.6) is 5.75 Å². The number of aromatic nitrogens is 1. The number of fused-ring (bicyclic) bond motifs is 1. The number of carbonyl (C=O) groups is 1. The van der Waals surface area contributed by atoms with Crippen molar-refractivity contribution in [2.45, 2.75) is 20.0 Å². The first-order valence-corrected chi connectivity index (χ1v) is 11.6. The number of nitrogens with one attached hydrogen (secondary N) is 1. The SMILES string of the molecule is CC(C)OC(=O)c1c(NN2CCS(O)(O)CC2)oc(C=C2C=Nc3ncccc32)c1O. The number of esters is 1. The summed E-state index contributed by atoms with van der Waals surface area (Å²) in [5, 5.41) is 12.5. The molecule has 0 aliphatic carbocycles. The van der Waals surface area contributed by atoms with Crippen LogP contribution < -0.4 is 5.43 Å². The normalized spacial score (nSPS) is 20.1. The molecule has 11 heteroatoms. The van der Waals surface area contributed by atoms with Crippen LogP contribution in [-0.2, 0) is 4.74 Å². The highest BCUT2D eigenvalue weighted by atomic mass is 32.3. The van der Waals surface area contributed by atoms with Crippen LogP contribution in [0.2, 0.25) is 0 Å². The fourth-order valence-electron chi connectivity index (χ4n) is 3.24. The summed E-state index contributed by atoms with van der Waals surface area (Å²) in [6, 6.07) is 3.63. The third kappa shape index (κ3) is 4.59. The summed E-state index contributed by atoms with van der Waals surface area (Å²) in [5.41, 5.74) is 4.30. The molecule has 0 radical (unpaired) electrons. The molecule has 2 aliphatic rings. The van der Waals surface area contributed by atoms with E-state index in [2.05, 4.69) is 15.4 Å². The van der Waals surface area contributed by atoms with E-state index in [1.807, 2.05) is 6.07 Å². The van der Waals surface area contributed by atoms with Gasteiger partial charge in [-0.15, -0.1) is 0 Å². The number of ether oxygens (including phenoxy) is 1. The van der Waals surface area contributed by atoms with Crippen molar-refractivity contribution in [2.24, 2.45) is 4.99 Å². The number of pyridine rings is 1. The average molecular weight is 449 g/mol. The number of anilines is 1. The zero-order valence-corrected chi connectivity index (χ0v) is 17.9. The maximum absolute atomic E-state index is 12.7. The van der Waals surface area contributed by atoms with E-state index in [0.29, 0.717) is 24.5 Å². The zero-order chi connectivity index (χ0) is 22.2. The molecule has 0 amide bonds. The van der Waals surface area contributed by atoms with Gasteiger partial charge >= 0.3 is 5.97 Å². The second-order valence-corrected chi connectivity index (χ2v) is 9.94. The Morgan fingerprint density at radius 1 is 1.35 bits per heavy atom. The number of allylic oxidation sites excluding steroid dienone is 1. The van der Waals surface area contributed by atoms with Crippen LogP contribution in [0.3, 0.4) is 0 Å². The van der Waals surface area contributed by atoms with Gasteiger partial charge in [-0.3, -0.25) is 14.5 Å². The second kappa shape index (κ2) is 8.35. The molecule has 31 heavy (non-hydrogen) atoms. The first kappa shape index (κ1) is 21.4. The van der Waals surface area contributed by atoms with E-state index >= 15 is 0 Å². The van der Waals surface area contributed by atoms with Gasteiger partial charge in [0, 0.05) is 36.6 Å². The fraction of sp³-hybridized carbons (Fsp3) is 0.350. The van der Waals surface area contributed by atoms with Crippen LogP contribution in [0, 0.1) is 0 Å². The lowest BCUT2D eigenvalue weighted by Crippen LogP contribution is -2.42. The Labute approximate surface area is 180 Å². The lowest BCUT2D eigenvalue weighted by atomic mass is 10.1. The molecule has 0 bridgehead atoms. The number of nitrogens with zero attached hydrogens (tertiary/aromatic N) is 3. The highest BCUT2D eigenvalue weighted by Gasteiger charge is 2.30.